The van der Waals surface area contributed by atoms with Crippen molar-refractivity contribution in [3.05, 3.63) is 24.0 Å². The number of sulfonamides is 1. The molecule has 0 radical (unpaired) electrons. The molecule has 2 rings (SSSR count). The number of nitrogens with one attached hydrogen (secondary N) is 1. The van der Waals surface area contributed by atoms with Gasteiger partial charge in [0, 0.05) is 19.0 Å². The summed E-state index contributed by atoms with van der Waals surface area (Å²) >= 11 is 3.06. The highest BCUT2D eigenvalue weighted by Gasteiger charge is 2.23. The molecule has 1 aromatic carbocycles. The highest BCUT2D eigenvalue weighted by molar-refractivity contribution is 9.09. The first-order chi connectivity index (χ1) is 10.9. The number of ketones is 1. The summed E-state index contributed by atoms with van der Waals surface area (Å²) in [6.45, 7) is 0.384. The molecule has 0 amide bonds. The van der Waals surface area contributed by atoms with Crippen molar-refractivity contribution < 1.29 is 27.1 Å². The molecule has 126 valence electrons. The van der Waals surface area contributed by atoms with Crippen molar-refractivity contribution in [3.63, 3.8) is 0 Å². The van der Waals surface area contributed by atoms with Crippen LogP contribution >= 0.6 is 15.9 Å². The van der Waals surface area contributed by atoms with Crippen molar-refractivity contribution >= 4 is 42.7 Å². The second-order valence-corrected chi connectivity index (χ2v) is 6.86. The molecule has 0 spiro atoms. The monoisotopic (exact) mass is 405 g/mol. The molecule has 0 unspecified atom stereocenters. The number of carbonyl (C=O) groups excluding carboxylic acids is 1. The summed E-state index contributed by atoms with van der Waals surface area (Å²) in [5.41, 5.74) is 0.214. The molecule has 0 fully saturated rings. The molecule has 0 atom stereocenters. The molecule has 0 aliphatic carbocycles. The number of methoxy groups -OCH3 is 2. The van der Waals surface area contributed by atoms with Crippen LogP contribution in [0.15, 0.2) is 27.5 Å². The van der Waals surface area contributed by atoms with E-state index in [1.807, 2.05) is 0 Å². The Bertz CT molecular complexity index is 814. The average Bonchev–Trinajstić information content (AvgIpc) is 2.98. The Balaban J connectivity index is 2.56. The molecular formula is C14H16BrNO6S. The molecule has 1 heterocycles. The average molecular weight is 406 g/mol. The van der Waals surface area contributed by atoms with Crippen molar-refractivity contribution in [1.29, 1.82) is 0 Å². The van der Waals surface area contributed by atoms with Crippen LogP contribution in [0, 0.1) is 0 Å². The van der Waals surface area contributed by atoms with Gasteiger partial charge in [0.2, 0.25) is 15.8 Å². The Labute approximate surface area is 142 Å². The summed E-state index contributed by atoms with van der Waals surface area (Å²) < 4.78 is 42.8. The van der Waals surface area contributed by atoms with Crippen molar-refractivity contribution in [2.75, 3.05) is 32.7 Å². The van der Waals surface area contributed by atoms with E-state index in [1.54, 1.807) is 0 Å². The molecule has 7 nitrogen and oxygen atoms in total. The second kappa shape index (κ2) is 7.43. The van der Waals surface area contributed by atoms with Crippen molar-refractivity contribution in [2.45, 2.75) is 4.90 Å². The first-order valence-corrected chi connectivity index (χ1v) is 9.23. The van der Waals surface area contributed by atoms with Gasteiger partial charge in [0.15, 0.2) is 17.1 Å². The predicted molar refractivity (Wildman–Crippen MR) is 88.0 cm³/mol. The van der Waals surface area contributed by atoms with E-state index in [1.165, 1.54) is 32.4 Å². The van der Waals surface area contributed by atoms with Gasteiger partial charge in [-0.25, -0.2) is 13.1 Å². The summed E-state index contributed by atoms with van der Waals surface area (Å²) in [6, 6.07) is 4.31. The quantitative estimate of drug-likeness (QED) is 0.409. The van der Waals surface area contributed by atoms with Gasteiger partial charge in [-0.3, -0.25) is 4.79 Å². The van der Waals surface area contributed by atoms with Gasteiger partial charge in [-0.05, 0) is 18.2 Å². The van der Waals surface area contributed by atoms with E-state index >= 15 is 0 Å². The standard InChI is InChI=1S/C14H16BrNO6S/c1-20-6-5-16-23(18,19)13-4-3-11(21-2)14-9(13)7-12(22-14)10(17)8-15/h3-4,7,16H,5-6,8H2,1-2H3. The molecule has 0 bridgehead atoms. The van der Waals surface area contributed by atoms with Crippen LogP contribution in [-0.2, 0) is 14.8 Å². The predicted octanol–water partition coefficient (Wildman–Crippen LogP) is 1.94. The van der Waals surface area contributed by atoms with Crippen molar-refractivity contribution in [1.82, 2.24) is 4.72 Å². The van der Waals surface area contributed by atoms with Crippen LogP contribution in [0.25, 0.3) is 11.0 Å². The molecule has 23 heavy (non-hydrogen) atoms. The van der Waals surface area contributed by atoms with E-state index in [2.05, 4.69) is 20.7 Å². The van der Waals surface area contributed by atoms with Crippen LogP contribution in [0.2, 0.25) is 0 Å². The summed E-state index contributed by atoms with van der Waals surface area (Å²) in [4.78, 5) is 11.8. The smallest absolute Gasteiger partial charge is 0.241 e. The molecule has 1 aromatic heterocycles. The molecule has 0 saturated carbocycles. The van der Waals surface area contributed by atoms with E-state index in [-0.39, 0.29) is 40.5 Å². The topological polar surface area (TPSA) is 94.8 Å². The minimum absolute atomic E-state index is 0.0155. The number of fused-ring (bicyclic) bond motifs is 1. The number of carbonyl (C=O) groups is 1. The van der Waals surface area contributed by atoms with Gasteiger partial charge < -0.3 is 13.9 Å². The highest BCUT2D eigenvalue weighted by atomic mass is 79.9. The number of benzene rings is 1. The summed E-state index contributed by atoms with van der Waals surface area (Å²) in [5, 5.41) is 0.363. The van der Waals surface area contributed by atoms with Crippen molar-refractivity contribution in [3.8, 4) is 5.75 Å². The van der Waals surface area contributed by atoms with Crippen LogP contribution in [0.5, 0.6) is 5.75 Å². The highest BCUT2D eigenvalue weighted by Crippen LogP contribution is 2.33. The van der Waals surface area contributed by atoms with E-state index in [4.69, 9.17) is 13.9 Å². The summed E-state index contributed by atoms with van der Waals surface area (Å²) in [7, 11) is -0.853. The van der Waals surface area contributed by atoms with Crippen molar-refractivity contribution in [2.24, 2.45) is 0 Å². The van der Waals surface area contributed by atoms with Gasteiger partial charge in [-0.1, -0.05) is 15.9 Å². The van der Waals surface area contributed by atoms with Gasteiger partial charge in [-0.2, -0.15) is 0 Å². The molecule has 0 aliphatic heterocycles. The molecule has 0 saturated heterocycles. The Morgan fingerprint density at radius 3 is 2.70 bits per heavy atom. The van der Waals surface area contributed by atoms with Crippen LogP contribution < -0.4 is 9.46 Å². The lowest BCUT2D eigenvalue weighted by Gasteiger charge is -2.08. The molecule has 9 heteroatoms. The number of ether oxygens (including phenoxy) is 2. The van der Waals surface area contributed by atoms with E-state index < -0.39 is 10.0 Å². The molecule has 0 aliphatic rings. The largest absolute Gasteiger partial charge is 0.493 e. The van der Waals surface area contributed by atoms with Gasteiger partial charge in [0.05, 0.1) is 23.9 Å². The minimum atomic E-state index is -3.77. The maximum atomic E-state index is 12.4. The number of halogens is 1. The van der Waals surface area contributed by atoms with Gasteiger partial charge >= 0.3 is 0 Å². The fraction of sp³-hybridized carbons (Fsp3) is 0.357. The Hall–Kier alpha value is -1.42. The number of rotatable bonds is 8. The van der Waals surface area contributed by atoms with Crippen LogP contribution in [0.4, 0.5) is 0 Å². The molecule has 1 N–H and O–H groups in total. The number of furan rings is 1. The number of alkyl halides is 1. The number of hydrogen-bond donors (Lipinski definition) is 1. The third kappa shape index (κ3) is 3.74. The first kappa shape index (κ1) is 17.9. The third-order valence-corrected chi connectivity index (χ3v) is 5.14. The maximum absolute atomic E-state index is 12.4. The van der Waals surface area contributed by atoms with Crippen LogP contribution in [-0.4, -0.2) is 46.9 Å². The van der Waals surface area contributed by atoms with Gasteiger partial charge in [0.25, 0.3) is 0 Å². The maximum Gasteiger partial charge on any atom is 0.241 e. The fourth-order valence-electron chi connectivity index (χ4n) is 2.03. The van der Waals surface area contributed by atoms with Crippen LogP contribution in [0.3, 0.4) is 0 Å². The zero-order chi connectivity index (χ0) is 17.0. The molecule has 2 aromatic rings. The third-order valence-electron chi connectivity index (χ3n) is 3.11. The Morgan fingerprint density at radius 1 is 1.35 bits per heavy atom. The Morgan fingerprint density at radius 2 is 2.09 bits per heavy atom. The van der Waals surface area contributed by atoms with E-state index in [0.29, 0.717) is 11.1 Å². The van der Waals surface area contributed by atoms with E-state index in [9.17, 15) is 13.2 Å². The lowest BCUT2D eigenvalue weighted by Crippen LogP contribution is -2.27. The normalized spacial score (nSPS) is 11.8. The summed E-state index contributed by atoms with van der Waals surface area (Å²) in [6.07, 6.45) is 0. The zero-order valence-electron chi connectivity index (χ0n) is 12.6. The lowest BCUT2D eigenvalue weighted by atomic mass is 10.2. The Kier molecular flexibility index (Phi) is 5.79. The van der Waals surface area contributed by atoms with Gasteiger partial charge in [-0.15, -0.1) is 0 Å². The van der Waals surface area contributed by atoms with E-state index in [0.717, 1.165) is 0 Å². The van der Waals surface area contributed by atoms with Crippen LogP contribution in [0.1, 0.15) is 10.6 Å². The second-order valence-electron chi connectivity index (χ2n) is 4.57. The summed E-state index contributed by atoms with van der Waals surface area (Å²) in [5.74, 6) is 0.123. The fourth-order valence-corrected chi connectivity index (χ4v) is 3.50. The first-order valence-electron chi connectivity index (χ1n) is 6.63. The number of hydrogen-bond acceptors (Lipinski definition) is 6. The zero-order valence-corrected chi connectivity index (χ0v) is 15.0. The molecular weight excluding hydrogens is 390 g/mol. The SMILES string of the molecule is COCCNS(=O)(=O)c1ccc(OC)c2oc(C(=O)CBr)cc12. The lowest BCUT2D eigenvalue weighted by molar-refractivity contribution is 0.0995. The minimum Gasteiger partial charge on any atom is -0.493 e. The van der Waals surface area contributed by atoms with Gasteiger partial charge in [0.1, 0.15) is 0 Å². The number of Topliss-reactive ketones (excluding diaryl/α,β-unsaturated/α-hetero) is 1.